The van der Waals surface area contributed by atoms with Crippen LogP contribution in [0.15, 0.2) is 48.5 Å². The first-order chi connectivity index (χ1) is 13.4. The fourth-order valence-electron chi connectivity index (χ4n) is 3.03. The molecule has 1 N–H and O–H groups in total. The number of amides is 2. The van der Waals surface area contributed by atoms with Gasteiger partial charge >= 0.3 is 0 Å². The molecule has 2 aromatic rings. The molecule has 1 aliphatic heterocycles. The normalized spacial score (nSPS) is 14.5. The number of nitro benzene ring substituents is 1. The van der Waals surface area contributed by atoms with E-state index in [9.17, 15) is 19.7 Å². The smallest absolute Gasteiger partial charge is 0.292 e. The van der Waals surface area contributed by atoms with Crippen LogP contribution in [0.25, 0.3) is 0 Å². The molecule has 2 aromatic carbocycles. The number of carbonyl (C=O) groups is 2. The van der Waals surface area contributed by atoms with E-state index in [0.29, 0.717) is 36.8 Å². The highest BCUT2D eigenvalue weighted by atomic mass is 35.5. The van der Waals surface area contributed by atoms with Crippen LogP contribution in [-0.4, -0.2) is 59.3 Å². The summed E-state index contributed by atoms with van der Waals surface area (Å²) >= 11 is 5.87. The average Bonchev–Trinajstić information content (AvgIpc) is 2.68. The SMILES string of the molecule is O=C(CN1CCN(C(=O)c2ccccc2)CC1)Nc1cc(Cl)ccc1[N+](=O)[O-]. The van der Waals surface area contributed by atoms with Gasteiger partial charge in [-0.3, -0.25) is 24.6 Å². The van der Waals surface area contributed by atoms with Gasteiger partial charge in [-0.2, -0.15) is 0 Å². The summed E-state index contributed by atoms with van der Waals surface area (Å²) in [5.41, 5.74) is 0.498. The van der Waals surface area contributed by atoms with Gasteiger partial charge in [-0.15, -0.1) is 0 Å². The lowest BCUT2D eigenvalue weighted by Gasteiger charge is -2.34. The second kappa shape index (κ2) is 8.81. The summed E-state index contributed by atoms with van der Waals surface area (Å²) in [6.45, 7) is 2.20. The minimum Gasteiger partial charge on any atom is -0.336 e. The van der Waals surface area contributed by atoms with Gasteiger partial charge in [0.2, 0.25) is 5.91 Å². The lowest BCUT2D eigenvalue weighted by molar-refractivity contribution is -0.383. The molecule has 0 unspecified atom stereocenters. The van der Waals surface area contributed by atoms with E-state index in [1.807, 2.05) is 23.1 Å². The van der Waals surface area contributed by atoms with Crippen LogP contribution in [0.2, 0.25) is 5.02 Å². The third kappa shape index (κ3) is 4.85. The second-order valence-electron chi connectivity index (χ2n) is 6.40. The molecule has 146 valence electrons. The van der Waals surface area contributed by atoms with E-state index < -0.39 is 4.92 Å². The maximum atomic E-state index is 12.5. The Balaban J connectivity index is 1.54. The maximum absolute atomic E-state index is 12.5. The van der Waals surface area contributed by atoms with Crippen molar-refractivity contribution in [1.29, 1.82) is 0 Å². The van der Waals surface area contributed by atoms with Crippen LogP contribution < -0.4 is 5.32 Å². The number of hydrogen-bond donors (Lipinski definition) is 1. The van der Waals surface area contributed by atoms with Gasteiger partial charge < -0.3 is 10.2 Å². The lowest BCUT2D eigenvalue weighted by Crippen LogP contribution is -2.50. The number of piperazine rings is 1. The summed E-state index contributed by atoms with van der Waals surface area (Å²) in [4.78, 5) is 38.9. The fourth-order valence-corrected chi connectivity index (χ4v) is 3.20. The molecule has 1 heterocycles. The van der Waals surface area contributed by atoms with Gasteiger partial charge in [0.1, 0.15) is 5.69 Å². The molecule has 0 saturated carbocycles. The number of rotatable bonds is 5. The van der Waals surface area contributed by atoms with Gasteiger partial charge in [-0.1, -0.05) is 29.8 Å². The summed E-state index contributed by atoms with van der Waals surface area (Å²) in [6, 6.07) is 13.1. The minimum atomic E-state index is -0.570. The zero-order chi connectivity index (χ0) is 20.1. The van der Waals surface area contributed by atoms with E-state index in [1.165, 1.54) is 18.2 Å². The van der Waals surface area contributed by atoms with E-state index in [1.54, 1.807) is 17.0 Å². The molecule has 0 aromatic heterocycles. The van der Waals surface area contributed by atoms with Crippen LogP contribution in [-0.2, 0) is 4.79 Å². The number of nitrogens with zero attached hydrogens (tertiary/aromatic N) is 3. The van der Waals surface area contributed by atoms with Crippen molar-refractivity contribution in [3.8, 4) is 0 Å². The Hall–Kier alpha value is -2.97. The average molecular weight is 403 g/mol. The molecule has 1 saturated heterocycles. The number of hydrogen-bond acceptors (Lipinski definition) is 5. The van der Waals surface area contributed by atoms with Gasteiger partial charge in [0.25, 0.3) is 11.6 Å². The Morgan fingerprint density at radius 2 is 1.75 bits per heavy atom. The zero-order valence-electron chi connectivity index (χ0n) is 15.0. The Bertz CT molecular complexity index is 883. The molecule has 3 rings (SSSR count). The number of nitrogens with one attached hydrogen (secondary N) is 1. The molecule has 0 aliphatic carbocycles. The summed E-state index contributed by atoms with van der Waals surface area (Å²) in [5, 5.41) is 13.9. The van der Waals surface area contributed by atoms with Crippen molar-refractivity contribution >= 4 is 34.8 Å². The molecule has 0 bridgehead atoms. The molecular formula is C19H19ClN4O4. The van der Waals surface area contributed by atoms with E-state index >= 15 is 0 Å². The molecule has 1 aliphatic rings. The molecular weight excluding hydrogens is 384 g/mol. The first kappa shape index (κ1) is 19.8. The molecule has 9 heteroatoms. The van der Waals surface area contributed by atoms with Gasteiger partial charge in [0, 0.05) is 42.8 Å². The molecule has 0 radical (unpaired) electrons. The van der Waals surface area contributed by atoms with Crippen molar-refractivity contribution in [1.82, 2.24) is 9.80 Å². The highest BCUT2D eigenvalue weighted by Crippen LogP contribution is 2.27. The number of carbonyl (C=O) groups excluding carboxylic acids is 2. The van der Waals surface area contributed by atoms with Gasteiger partial charge in [0.05, 0.1) is 11.5 Å². The highest BCUT2D eigenvalue weighted by Gasteiger charge is 2.24. The Morgan fingerprint density at radius 1 is 1.07 bits per heavy atom. The first-order valence-corrected chi connectivity index (χ1v) is 9.12. The predicted octanol–water partition coefficient (Wildman–Crippen LogP) is 2.64. The number of anilines is 1. The van der Waals surface area contributed by atoms with Crippen LogP contribution in [0.4, 0.5) is 11.4 Å². The van der Waals surface area contributed by atoms with Crippen molar-refractivity contribution in [3.63, 3.8) is 0 Å². The van der Waals surface area contributed by atoms with Crippen molar-refractivity contribution in [3.05, 3.63) is 69.2 Å². The molecule has 8 nitrogen and oxygen atoms in total. The van der Waals surface area contributed by atoms with E-state index in [0.717, 1.165) is 0 Å². The molecule has 0 spiro atoms. The largest absolute Gasteiger partial charge is 0.336 e. The second-order valence-corrected chi connectivity index (χ2v) is 6.84. The Kier molecular flexibility index (Phi) is 6.23. The molecule has 2 amide bonds. The van der Waals surface area contributed by atoms with Gasteiger partial charge in [-0.25, -0.2) is 0 Å². The monoisotopic (exact) mass is 402 g/mol. The number of benzene rings is 2. The summed E-state index contributed by atoms with van der Waals surface area (Å²) in [6.07, 6.45) is 0. The van der Waals surface area contributed by atoms with Crippen molar-refractivity contribution in [2.45, 2.75) is 0 Å². The predicted molar refractivity (Wildman–Crippen MR) is 106 cm³/mol. The van der Waals surface area contributed by atoms with Crippen LogP contribution in [0.3, 0.4) is 0 Å². The minimum absolute atomic E-state index is 0.0285. The standard InChI is InChI=1S/C19H19ClN4O4/c20-15-6-7-17(24(27)28)16(12-15)21-18(25)13-22-8-10-23(11-9-22)19(26)14-4-2-1-3-5-14/h1-7,12H,8-11,13H2,(H,21,25). The Morgan fingerprint density at radius 3 is 2.39 bits per heavy atom. The van der Waals surface area contributed by atoms with Crippen LogP contribution in [0, 0.1) is 10.1 Å². The van der Waals surface area contributed by atoms with Gasteiger partial charge in [-0.05, 0) is 24.3 Å². The van der Waals surface area contributed by atoms with E-state index in [-0.39, 0.29) is 29.7 Å². The van der Waals surface area contributed by atoms with Gasteiger partial charge in [0.15, 0.2) is 0 Å². The fraction of sp³-hybridized carbons (Fsp3) is 0.263. The van der Waals surface area contributed by atoms with Crippen molar-refractivity contribution in [2.24, 2.45) is 0 Å². The van der Waals surface area contributed by atoms with Crippen LogP contribution in [0.5, 0.6) is 0 Å². The Labute approximate surface area is 166 Å². The van der Waals surface area contributed by atoms with E-state index in [2.05, 4.69) is 5.32 Å². The highest BCUT2D eigenvalue weighted by molar-refractivity contribution is 6.31. The molecule has 0 atom stereocenters. The summed E-state index contributed by atoms with van der Waals surface area (Å²) < 4.78 is 0. The van der Waals surface area contributed by atoms with Crippen molar-refractivity contribution in [2.75, 3.05) is 38.0 Å². The first-order valence-electron chi connectivity index (χ1n) is 8.74. The van der Waals surface area contributed by atoms with Crippen molar-refractivity contribution < 1.29 is 14.5 Å². The van der Waals surface area contributed by atoms with E-state index in [4.69, 9.17) is 11.6 Å². The topological polar surface area (TPSA) is 95.8 Å². The number of nitro groups is 1. The maximum Gasteiger partial charge on any atom is 0.292 e. The van der Waals surface area contributed by atoms with Crippen LogP contribution >= 0.6 is 11.6 Å². The lowest BCUT2D eigenvalue weighted by atomic mass is 10.2. The third-order valence-electron chi connectivity index (χ3n) is 4.48. The summed E-state index contributed by atoms with van der Waals surface area (Å²) in [7, 11) is 0. The van der Waals surface area contributed by atoms with Crippen LogP contribution in [0.1, 0.15) is 10.4 Å². The zero-order valence-corrected chi connectivity index (χ0v) is 15.8. The summed E-state index contributed by atoms with van der Waals surface area (Å²) in [5.74, 6) is -0.396. The third-order valence-corrected chi connectivity index (χ3v) is 4.71. The molecule has 1 fully saturated rings. The molecule has 28 heavy (non-hydrogen) atoms. The number of halogens is 1. The quantitative estimate of drug-likeness (QED) is 0.612.